The summed E-state index contributed by atoms with van der Waals surface area (Å²) in [4.78, 5) is 26.3. The van der Waals surface area contributed by atoms with Crippen LogP contribution >= 0.6 is 0 Å². The minimum atomic E-state index is -0.538. The average Bonchev–Trinajstić information content (AvgIpc) is 2.88. The lowest BCUT2D eigenvalue weighted by Gasteiger charge is -2.26. The van der Waals surface area contributed by atoms with Crippen LogP contribution in [-0.4, -0.2) is 47.4 Å². The zero-order valence-corrected chi connectivity index (χ0v) is 10.9. The third-order valence-electron chi connectivity index (χ3n) is 3.44. The van der Waals surface area contributed by atoms with E-state index in [2.05, 4.69) is 10.3 Å². The Hall–Kier alpha value is -1.89. The molecule has 0 spiro atoms. The number of hydrogen-bond donors (Lipinski definition) is 2. The number of rotatable bonds is 4. The molecule has 0 bridgehead atoms. The van der Waals surface area contributed by atoms with Crippen LogP contribution in [0.1, 0.15) is 23.3 Å². The summed E-state index contributed by atoms with van der Waals surface area (Å²) >= 11 is 0. The van der Waals surface area contributed by atoms with Gasteiger partial charge in [0, 0.05) is 19.7 Å². The molecule has 0 unspecified atom stereocenters. The fourth-order valence-electron chi connectivity index (χ4n) is 2.35. The molecule has 1 aliphatic heterocycles. The van der Waals surface area contributed by atoms with Gasteiger partial charge in [-0.3, -0.25) is 4.79 Å². The van der Waals surface area contributed by atoms with Gasteiger partial charge in [-0.05, 0) is 42.8 Å². The van der Waals surface area contributed by atoms with Crippen molar-refractivity contribution in [3.05, 3.63) is 27.9 Å². The Morgan fingerprint density at radius 3 is 2.74 bits per heavy atom. The minimum absolute atomic E-state index is 0.154. The Bertz CT molecular complexity index is 465. The molecule has 1 aliphatic rings. The number of aromatic amines is 1. The summed E-state index contributed by atoms with van der Waals surface area (Å²) in [5.74, 6) is 0.144. The highest BCUT2D eigenvalue weighted by Crippen LogP contribution is 2.15. The van der Waals surface area contributed by atoms with Crippen LogP contribution in [-0.2, 0) is 0 Å². The highest BCUT2D eigenvalue weighted by molar-refractivity contribution is 5.92. The van der Waals surface area contributed by atoms with E-state index >= 15 is 0 Å². The van der Waals surface area contributed by atoms with E-state index in [1.807, 2.05) is 0 Å². The van der Waals surface area contributed by atoms with E-state index in [1.54, 1.807) is 11.9 Å². The quantitative estimate of drug-likeness (QED) is 0.628. The average molecular weight is 266 g/mol. The molecule has 1 fully saturated rings. The maximum absolute atomic E-state index is 12.1. The maximum Gasteiger partial charge on any atom is 0.321 e. The normalized spacial score (nSPS) is 16.3. The lowest BCUT2D eigenvalue weighted by Crippen LogP contribution is -2.37. The predicted octanol–water partition coefficient (Wildman–Crippen LogP) is 0.994. The Balaban J connectivity index is 1.95. The van der Waals surface area contributed by atoms with Gasteiger partial charge in [-0.1, -0.05) is 0 Å². The van der Waals surface area contributed by atoms with Gasteiger partial charge in [-0.15, -0.1) is 0 Å². The van der Waals surface area contributed by atoms with E-state index in [-0.39, 0.29) is 17.4 Å². The monoisotopic (exact) mass is 266 g/mol. The number of nitro groups is 1. The second-order valence-corrected chi connectivity index (χ2v) is 4.89. The number of hydrogen-bond acceptors (Lipinski definition) is 4. The Morgan fingerprint density at radius 2 is 2.16 bits per heavy atom. The lowest BCUT2D eigenvalue weighted by molar-refractivity contribution is -0.389. The molecule has 1 saturated heterocycles. The van der Waals surface area contributed by atoms with Crippen molar-refractivity contribution < 1.29 is 9.72 Å². The first-order chi connectivity index (χ1) is 9.08. The zero-order valence-electron chi connectivity index (χ0n) is 10.9. The van der Waals surface area contributed by atoms with Crippen LogP contribution in [0.25, 0.3) is 0 Å². The number of nitrogens with zero attached hydrogens (tertiary/aromatic N) is 2. The number of nitrogens with one attached hydrogen (secondary N) is 2. The second-order valence-electron chi connectivity index (χ2n) is 4.89. The van der Waals surface area contributed by atoms with Gasteiger partial charge in [0.05, 0.1) is 0 Å². The van der Waals surface area contributed by atoms with E-state index in [0.717, 1.165) is 25.9 Å². The number of amides is 1. The molecule has 0 aliphatic carbocycles. The largest absolute Gasteiger partial charge is 0.358 e. The Morgan fingerprint density at radius 1 is 1.47 bits per heavy atom. The first-order valence-corrected chi connectivity index (χ1v) is 6.37. The highest BCUT2D eigenvalue weighted by Gasteiger charge is 2.22. The van der Waals surface area contributed by atoms with Gasteiger partial charge < -0.3 is 20.3 Å². The molecular formula is C12H18N4O3. The molecule has 0 radical (unpaired) electrons. The standard InChI is InChI=1S/C12H18N4O3/c1-15(8-9-4-6-13-7-5-9)12(17)10-2-3-11(14-10)16(18)19/h2-3,9,13-14H,4-8H2,1H3. The van der Waals surface area contributed by atoms with Crippen LogP contribution in [0.4, 0.5) is 5.82 Å². The van der Waals surface area contributed by atoms with Gasteiger partial charge >= 0.3 is 5.82 Å². The topological polar surface area (TPSA) is 91.3 Å². The molecule has 2 N–H and O–H groups in total. The molecule has 2 rings (SSSR count). The third kappa shape index (κ3) is 3.31. The van der Waals surface area contributed by atoms with Gasteiger partial charge in [0.15, 0.2) is 5.69 Å². The van der Waals surface area contributed by atoms with Gasteiger partial charge in [0.25, 0.3) is 5.91 Å². The number of carbonyl (C=O) groups is 1. The lowest BCUT2D eigenvalue weighted by atomic mass is 9.97. The molecule has 19 heavy (non-hydrogen) atoms. The van der Waals surface area contributed by atoms with Crippen molar-refractivity contribution in [1.29, 1.82) is 0 Å². The first kappa shape index (κ1) is 13.5. The molecule has 1 aromatic rings. The Kier molecular flexibility index (Phi) is 4.16. The van der Waals surface area contributed by atoms with Gasteiger partial charge in [-0.25, -0.2) is 4.98 Å². The van der Waals surface area contributed by atoms with Gasteiger partial charge in [0.1, 0.15) is 0 Å². The van der Waals surface area contributed by atoms with E-state index in [0.29, 0.717) is 12.5 Å². The van der Waals surface area contributed by atoms with Gasteiger partial charge in [0.2, 0.25) is 0 Å². The molecule has 0 aromatic carbocycles. The van der Waals surface area contributed by atoms with Crippen molar-refractivity contribution in [2.24, 2.45) is 5.92 Å². The van der Waals surface area contributed by atoms with Crippen molar-refractivity contribution >= 4 is 11.7 Å². The van der Waals surface area contributed by atoms with E-state index in [1.165, 1.54) is 12.1 Å². The summed E-state index contributed by atoms with van der Waals surface area (Å²) in [5, 5.41) is 13.8. The molecule has 0 saturated carbocycles. The zero-order chi connectivity index (χ0) is 13.8. The van der Waals surface area contributed by atoms with Crippen LogP contribution in [0.5, 0.6) is 0 Å². The van der Waals surface area contributed by atoms with Crippen LogP contribution in [0.3, 0.4) is 0 Å². The summed E-state index contributed by atoms with van der Waals surface area (Å²) in [6.45, 7) is 2.66. The van der Waals surface area contributed by atoms with Crippen LogP contribution in [0.15, 0.2) is 12.1 Å². The van der Waals surface area contributed by atoms with Crippen molar-refractivity contribution in [2.45, 2.75) is 12.8 Å². The molecule has 7 nitrogen and oxygen atoms in total. The van der Waals surface area contributed by atoms with Crippen LogP contribution in [0, 0.1) is 16.0 Å². The van der Waals surface area contributed by atoms with E-state index in [9.17, 15) is 14.9 Å². The van der Waals surface area contributed by atoms with E-state index in [4.69, 9.17) is 0 Å². The predicted molar refractivity (Wildman–Crippen MR) is 70.0 cm³/mol. The summed E-state index contributed by atoms with van der Waals surface area (Å²) < 4.78 is 0. The summed E-state index contributed by atoms with van der Waals surface area (Å²) in [6, 6.07) is 2.77. The maximum atomic E-state index is 12.1. The molecule has 7 heteroatoms. The second kappa shape index (κ2) is 5.83. The van der Waals surface area contributed by atoms with Crippen molar-refractivity contribution in [2.75, 3.05) is 26.7 Å². The molecule has 1 aromatic heterocycles. The Labute approximate surface area is 111 Å². The first-order valence-electron chi connectivity index (χ1n) is 6.37. The molecule has 104 valence electrons. The number of carbonyl (C=O) groups excluding carboxylic acids is 1. The van der Waals surface area contributed by atoms with Crippen LogP contribution in [0.2, 0.25) is 0 Å². The number of H-pyrrole nitrogens is 1. The fraction of sp³-hybridized carbons (Fsp3) is 0.583. The smallest absolute Gasteiger partial charge is 0.321 e. The fourth-order valence-corrected chi connectivity index (χ4v) is 2.35. The van der Waals surface area contributed by atoms with Crippen molar-refractivity contribution in [3.8, 4) is 0 Å². The molecular weight excluding hydrogens is 248 g/mol. The van der Waals surface area contributed by atoms with Crippen molar-refractivity contribution in [1.82, 2.24) is 15.2 Å². The third-order valence-corrected chi connectivity index (χ3v) is 3.44. The van der Waals surface area contributed by atoms with Crippen molar-refractivity contribution in [3.63, 3.8) is 0 Å². The van der Waals surface area contributed by atoms with E-state index < -0.39 is 4.92 Å². The molecule has 0 atom stereocenters. The summed E-state index contributed by atoms with van der Waals surface area (Å²) in [6.07, 6.45) is 2.12. The summed E-state index contributed by atoms with van der Waals surface area (Å²) in [5.41, 5.74) is 0.267. The molecule has 2 heterocycles. The highest BCUT2D eigenvalue weighted by atomic mass is 16.6. The van der Waals surface area contributed by atoms with Crippen LogP contribution < -0.4 is 5.32 Å². The summed E-state index contributed by atoms with van der Waals surface area (Å²) in [7, 11) is 1.73. The number of piperidine rings is 1. The number of aromatic nitrogens is 1. The van der Waals surface area contributed by atoms with Gasteiger partial charge in [-0.2, -0.15) is 0 Å². The molecule has 1 amide bonds. The SMILES string of the molecule is CN(CC1CCNCC1)C(=O)c1ccc([N+](=O)[O-])[nH]1. The minimum Gasteiger partial charge on any atom is -0.358 e.